The van der Waals surface area contributed by atoms with Gasteiger partial charge in [-0.2, -0.15) is 0 Å². The smallest absolute Gasteiger partial charge is 0.251 e. The topological polar surface area (TPSA) is 67.9 Å². The Bertz CT molecular complexity index is 1630. The molecule has 0 bridgehead atoms. The summed E-state index contributed by atoms with van der Waals surface area (Å²) in [5.74, 6) is 0.548. The van der Waals surface area contributed by atoms with Crippen LogP contribution in [-0.4, -0.2) is 31.4 Å². The van der Waals surface area contributed by atoms with Gasteiger partial charge in [0.25, 0.3) is 5.91 Å². The maximum absolute atomic E-state index is 14.0. The largest absolute Gasteiger partial charge is 0.496 e. The first-order valence-corrected chi connectivity index (χ1v) is 13.5. The molecular formula is C34H33FN2O4. The molecule has 7 heteroatoms. The molecule has 4 aromatic carbocycles. The number of hydrogen-bond donors (Lipinski definition) is 1. The van der Waals surface area contributed by atoms with E-state index < -0.39 is 5.54 Å². The Hall–Kier alpha value is -4.65. The summed E-state index contributed by atoms with van der Waals surface area (Å²) in [6.07, 6.45) is 0.232. The molecule has 210 valence electrons. The SMILES string of the molecule is COc1cc(CC(=O)c2ccccc2)ccc1-c1ccc2c(c1COc1cc(F)ccc1C)N(C)C(=O)C(C)(C)N2. The van der Waals surface area contributed by atoms with Crippen LogP contribution in [0.3, 0.4) is 0 Å². The van der Waals surface area contributed by atoms with Crippen molar-refractivity contribution in [2.75, 3.05) is 24.4 Å². The fourth-order valence-electron chi connectivity index (χ4n) is 5.29. The number of carbonyl (C=O) groups excluding carboxylic acids is 2. The summed E-state index contributed by atoms with van der Waals surface area (Å²) in [6, 6.07) is 23.2. The molecule has 0 atom stereocenters. The van der Waals surface area contributed by atoms with Crippen LogP contribution >= 0.6 is 0 Å². The third-order valence-corrected chi connectivity index (χ3v) is 7.44. The number of ether oxygens (including phenoxy) is 2. The number of nitrogens with zero attached hydrogens (tertiary/aromatic N) is 1. The van der Waals surface area contributed by atoms with Crippen LogP contribution in [0.5, 0.6) is 11.5 Å². The first-order chi connectivity index (χ1) is 19.6. The first kappa shape index (κ1) is 27.9. The summed E-state index contributed by atoms with van der Waals surface area (Å²) >= 11 is 0. The normalized spacial score (nSPS) is 13.8. The number of aryl methyl sites for hydroxylation is 1. The Morgan fingerprint density at radius 3 is 2.41 bits per heavy atom. The molecule has 1 N–H and O–H groups in total. The van der Waals surface area contributed by atoms with Gasteiger partial charge in [-0.1, -0.05) is 54.6 Å². The molecule has 1 amide bonds. The van der Waals surface area contributed by atoms with Gasteiger partial charge in [-0.15, -0.1) is 0 Å². The van der Waals surface area contributed by atoms with Crippen molar-refractivity contribution in [1.29, 1.82) is 0 Å². The number of fused-ring (bicyclic) bond motifs is 1. The molecule has 0 aromatic heterocycles. The molecule has 0 radical (unpaired) electrons. The van der Waals surface area contributed by atoms with E-state index in [9.17, 15) is 14.0 Å². The Labute approximate surface area is 239 Å². The van der Waals surface area contributed by atoms with Gasteiger partial charge in [0.1, 0.15) is 29.5 Å². The molecule has 4 aromatic rings. The Kier molecular flexibility index (Phi) is 7.54. The molecule has 0 unspecified atom stereocenters. The van der Waals surface area contributed by atoms with Crippen molar-refractivity contribution in [3.05, 3.63) is 107 Å². The van der Waals surface area contributed by atoms with E-state index in [1.54, 1.807) is 37.3 Å². The highest BCUT2D eigenvalue weighted by molar-refractivity contribution is 6.09. The van der Waals surface area contributed by atoms with E-state index in [-0.39, 0.29) is 30.5 Å². The average Bonchev–Trinajstić information content (AvgIpc) is 2.96. The number of amides is 1. The number of ketones is 1. The summed E-state index contributed by atoms with van der Waals surface area (Å²) in [5.41, 5.74) is 5.30. The molecule has 1 aliphatic rings. The molecule has 41 heavy (non-hydrogen) atoms. The van der Waals surface area contributed by atoms with Gasteiger partial charge in [-0.05, 0) is 55.7 Å². The standard InChI is InChI=1S/C34H33FN2O4/c1-21-11-13-24(35)19-30(21)41-20-27-25(15-16-28-32(27)37(4)33(39)34(2,3)36-28)26-14-12-22(18-31(26)40-5)17-29(38)23-9-7-6-8-10-23/h6-16,18-19,36H,17,20H2,1-5H3. The maximum atomic E-state index is 14.0. The Morgan fingerprint density at radius 2 is 1.68 bits per heavy atom. The third kappa shape index (κ3) is 5.53. The third-order valence-electron chi connectivity index (χ3n) is 7.44. The van der Waals surface area contributed by atoms with E-state index in [1.165, 1.54) is 12.1 Å². The Balaban J connectivity index is 1.58. The van der Waals surface area contributed by atoms with Crippen LogP contribution in [0.25, 0.3) is 11.1 Å². The number of hydrogen-bond acceptors (Lipinski definition) is 5. The fourth-order valence-corrected chi connectivity index (χ4v) is 5.29. The second-order valence-electron chi connectivity index (χ2n) is 10.8. The summed E-state index contributed by atoms with van der Waals surface area (Å²) in [5, 5.41) is 3.35. The van der Waals surface area contributed by atoms with Crippen molar-refractivity contribution in [2.24, 2.45) is 0 Å². The second-order valence-corrected chi connectivity index (χ2v) is 10.8. The van der Waals surface area contributed by atoms with Crippen molar-refractivity contribution < 1.29 is 23.5 Å². The van der Waals surface area contributed by atoms with Gasteiger partial charge in [-0.3, -0.25) is 9.59 Å². The number of anilines is 2. The number of rotatable bonds is 8. The van der Waals surface area contributed by atoms with Gasteiger partial charge in [0.05, 0.1) is 18.5 Å². The van der Waals surface area contributed by atoms with E-state index in [0.29, 0.717) is 22.7 Å². The Morgan fingerprint density at radius 1 is 0.951 bits per heavy atom. The summed E-state index contributed by atoms with van der Waals surface area (Å²) in [7, 11) is 3.34. The van der Waals surface area contributed by atoms with Crippen LogP contribution < -0.4 is 19.7 Å². The van der Waals surface area contributed by atoms with Crippen LogP contribution in [0.4, 0.5) is 15.8 Å². The van der Waals surface area contributed by atoms with E-state index in [0.717, 1.165) is 33.5 Å². The number of methoxy groups -OCH3 is 1. The lowest BCUT2D eigenvalue weighted by Gasteiger charge is -2.39. The molecular weight excluding hydrogens is 519 g/mol. The number of nitrogens with one attached hydrogen (secondary N) is 1. The molecule has 5 rings (SSSR count). The van der Waals surface area contributed by atoms with Crippen molar-refractivity contribution in [3.63, 3.8) is 0 Å². The van der Waals surface area contributed by atoms with Gasteiger partial charge in [0.2, 0.25) is 0 Å². The number of benzene rings is 4. The predicted molar refractivity (Wildman–Crippen MR) is 159 cm³/mol. The zero-order chi connectivity index (χ0) is 29.3. The number of Topliss-reactive ketones (excluding diaryl/α,β-unsaturated/α-hetero) is 1. The van der Waals surface area contributed by atoms with E-state index in [4.69, 9.17) is 9.47 Å². The highest BCUT2D eigenvalue weighted by Crippen LogP contribution is 2.44. The monoisotopic (exact) mass is 552 g/mol. The molecule has 0 aliphatic carbocycles. The summed E-state index contributed by atoms with van der Waals surface area (Å²) in [4.78, 5) is 27.8. The van der Waals surface area contributed by atoms with Crippen LogP contribution in [-0.2, 0) is 17.8 Å². The summed E-state index contributed by atoms with van der Waals surface area (Å²) < 4.78 is 26.0. The molecule has 0 fully saturated rings. The van der Waals surface area contributed by atoms with Gasteiger partial charge in [0.15, 0.2) is 5.78 Å². The van der Waals surface area contributed by atoms with Gasteiger partial charge >= 0.3 is 0 Å². The maximum Gasteiger partial charge on any atom is 0.251 e. The van der Waals surface area contributed by atoms with Gasteiger partial charge in [-0.25, -0.2) is 4.39 Å². The molecule has 0 spiro atoms. The van der Waals surface area contributed by atoms with Crippen molar-refractivity contribution in [2.45, 2.75) is 39.3 Å². The predicted octanol–water partition coefficient (Wildman–Crippen LogP) is 6.98. The minimum Gasteiger partial charge on any atom is -0.496 e. The molecule has 0 saturated heterocycles. The first-order valence-electron chi connectivity index (χ1n) is 13.5. The van der Waals surface area contributed by atoms with Gasteiger partial charge < -0.3 is 19.7 Å². The van der Waals surface area contributed by atoms with Crippen molar-refractivity contribution >= 4 is 23.1 Å². The lowest BCUT2D eigenvalue weighted by molar-refractivity contribution is -0.121. The van der Waals surface area contributed by atoms with Gasteiger partial charge in [0, 0.05) is 36.2 Å². The number of halogens is 1. The van der Waals surface area contributed by atoms with Crippen LogP contribution in [0.1, 0.15) is 40.9 Å². The zero-order valence-corrected chi connectivity index (χ0v) is 23.9. The number of likely N-dealkylation sites (N-methyl/N-ethyl adjacent to an activating group) is 1. The van der Waals surface area contributed by atoms with Crippen molar-refractivity contribution in [3.8, 4) is 22.6 Å². The fraction of sp³-hybridized carbons (Fsp3) is 0.235. The minimum absolute atomic E-state index is 0.0163. The lowest BCUT2D eigenvalue weighted by Crippen LogP contribution is -2.52. The molecule has 6 nitrogen and oxygen atoms in total. The average molecular weight is 553 g/mol. The minimum atomic E-state index is -0.787. The van der Waals surface area contributed by atoms with Crippen molar-refractivity contribution in [1.82, 2.24) is 0 Å². The highest BCUT2D eigenvalue weighted by atomic mass is 19.1. The number of carbonyl (C=O) groups is 2. The molecule has 1 aliphatic heterocycles. The van der Waals surface area contributed by atoms with Crippen LogP contribution in [0, 0.1) is 12.7 Å². The second kappa shape index (κ2) is 11.1. The molecule has 1 heterocycles. The van der Waals surface area contributed by atoms with Crippen LogP contribution in [0.15, 0.2) is 78.9 Å². The lowest BCUT2D eigenvalue weighted by atomic mass is 9.91. The quantitative estimate of drug-likeness (QED) is 0.239. The molecule has 0 saturated carbocycles. The van der Waals surface area contributed by atoms with E-state index in [1.807, 2.05) is 69.3 Å². The summed E-state index contributed by atoms with van der Waals surface area (Å²) in [6.45, 7) is 5.62. The van der Waals surface area contributed by atoms with Crippen LogP contribution in [0.2, 0.25) is 0 Å². The zero-order valence-electron chi connectivity index (χ0n) is 23.9. The van der Waals surface area contributed by atoms with E-state index in [2.05, 4.69) is 5.32 Å². The highest BCUT2D eigenvalue weighted by Gasteiger charge is 2.38. The van der Waals surface area contributed by atoms with E-state index >= 15 is 0 Å².